The molecular weight excluding hydrogens is 252 g/mol. The number of esters is 1. The van der Waals surface area contributed by atoms with Gasteiger partial charge in [-0.05, 0) is 50.1 Å². The molecule has 0 radical (unpaired) electrons. The predicted molar refractivity (Wildman–Crippen MR) is 79.1 cm³/mol. The Kier molecular flexibility index (Phi) is 6.24. The van der Waals surface area contributed by atoms with Crippen molar-refractivity contribution < 1.29 is 9.53 Å². The highest BCUT2D eigenvalue weighted by molar-refractivity contribution is 5.86. The summed E-state index contributed by atoms with van der Waals surface area (Å²) in [5.74, 6) is -0.285. The first-order valence-electron chi connectivity index (χ1n) is 7.32. The Hall–Kier alpha value is -1.68. The number of rotatable bonds is 6. The van der Waals surface area contributed by atoms with Crippen LogP contribution in [0.5, 0.6) is 0 Å². The summed E-state index contributed by atoms with van der Waals surface area (Å²) in [5, 5.41) is 0. The molecule has 1 saturated heterocycles. The van der Waals surface area contributed by atoms with Crippen molar-refractivity contribution in [1.29, 1.82) is 0 Å². The van der Waals surface area contributed by atoms with Crippen molar-refractivity contribution in [1.82, 2.24) is 9.88 Å². The van der Waals surface area contributed by atoms with E-state index in [0.717, 1.165) is 18.5 Å². The van der Waals surface area contributed by atoms with Gasteiger partial charge in [0.2, 0.25) is 0 Å². The number of carbonyl (C=O) groups is 1. The van der Waals surface area contributed by atoms with E-state index in [0.29, 0.717) is 6.61 Å². The molecule has 0 saturated carbocycles. The minimum atomic E-state index is -0.285. The number of piperidine rings is 1. The van der Waals surface area contributed by atoms with Gasteiger partial charge in [-0.3, -0.25) is 4.98 Å². The third kappa shape index (κ3) is 5.53. The van der Waals surface area contributed by atoms with Crippen molar-refractivity contribution in [3.63, 3.8) is 0 Å². The minimum absolute atomic E-state index is 0.285. The molecule has 1 aromatic rings. The molecule has 0 amide bonds. The van der Waals surface area contributed by atoms with Crippen LogP contribution in [0.4, 0.5) is 0 Å². The molecule has 0 aliphatic carbocycles. The fraction of sp³-hybridized carbons (Fsp3) is 0.500. The second kappa shape index (κ2) is 8.48. The van der Waals surface area contributed by atoms with E-state index in [1.165, 1.54) is 38.4 Å². The van der Waals surface area contributed by atoms with E-state index in [4.69, 9.17) is 4.74 Å². The largest absolute Gasteiger partial charge is 0.462 e. The van der Waals surface area contributed by atoms with Crippen LogP contribution in [-0.2, 0) is 9.53 Å². The van der Waals surface area contributed by atoms with Gasteiger partial charge in [0.15, 0.2) is 0 Å². The maximum atomic E-state index is 11.5. The van der Waals surface area contributed by atoms with Crippen LogP contribution in [0.25, 0.3) is 6.08 Å². The van der Waals surface area contributed by atoms with Gasteiger partial charge in [0.25, 0.3) is 0 Å². The van der Waals surface area contributed by atoms with Crippen molar-refractivity contribution in [2.75, 3.05) is 26.2 Å². The van der Waals surface area contributed by atoms with Crippen molar-refractivity contribution in [3.05, 3.63) is 36.2 Å². The Labute approximate surface area is 120 Å². The quantitative estimate of drug-likeness (QED) is 0.454. The van der Waals surface area contributed by atoms with Crippen molar-refractivity contribution in [3.8, 4) is 0 Å². The first kappa shape index (κ1) is 14.7. The van der Waals surface area contributed by atoms with E-state index < -0.39 is 0 Å². The lowest BCUT2D eigenvalue weighted by molar-refractivity contribution is -0.137. The van der Waals surface area contributed by atoms with Crippen LogP contribution in [0.15, 0.2) is 30.6 Å². The molecule has 2 heterocycles. The van der Waals surface area contributed by atoms with Gasteiger partial charge < -0.3 is 9.64 Å². The number of ether oxygens (including phenoxy) is 1. The number of aromatic nitrogens is 1. The molecule has 108 valence electrons. The molecule has 4 heteroatoms. The number of hydrogen-bond donors (Lipinski definition) is 0. The van der Waals surface area contributed by atoms with Gasteiger partial charge >= 0.3 is 5.97 Å². The normalized spacial score (nSPS) is 16.4. The molecule has 0 N–H and O–H groups in total. The van der Waals surface area contributed by atoms with E-state index in [-0.39, 0.29) is 5.97 Å². The highest BCUT2D eigenvalue weighted by Gasteiger charge is 2.09. The molecule has 1 aliphatic heterocycles. The molecule has 0 bridgehead atoms. The zero-order valence-electron chi connectivity index (χ0n) is 11.8. The zero-order valence-corrected chi connectivity index (χ0v) is 11.8. The van der Waals surface area contributed by atoms with Gasteiger partial charge in [0.1, 0.15) is 0 Å². The summed E-state index contributed by atoms with van der Waals surface area (Å²) in [5.41, 5.74) is 0.901. The summed E-state index contributed by atoms with van der Waals surface area (Å²) < 4.78 is 5.18. The van der Waals surface area contributed by atoms with Crippen LogP contribution < -0.4 is 0 Å². The molecule has 0 unspecified atom stereocenters. The third-order valence-corrected chi connectivity index (χ3v) is 3.41. The van der Waals surface area contributed by atoms with Crippen molar-refractivity contribution >= 4 is 12.0 Å². The number of likely N-dealkylation sites (tertiary alicyclic amines) is 1. The number of pyridine rings is 1. The van der Waals surface area contributed by atoms with Crippen LogP contribution in [0.2, 0.25) is 0 Å². The smallest absolute Gasteiger partial charge is 0.330 e. The van der Waals surface area contributed by atoms with Crippen molar-refractivity contribution in [2.24, 2.45) is 0 Å². The van der Waals surface area contributed by atoms with Gasteiger partial charge in [-0.2, -0.15) is 0 Å². The lowest BCUT2D eigenvalue weighted by atomic mass is 10.1. The van der Waals surface area contributed by atoms with Gasteiger partial charge in [-0.1, -0.05) is 12.5 Å². The van der Waals surface area contributed by atoms with E-state index in [2.05, 4.69) is 9.88 Å². The van der Waals surface area contributed by atoms with Crippen LogP contribution in [0, 0.1) is 0 Å². The SMILES string of the molecule is O=C(C=Cc1cccnc1)OCCCN1CCCCC1. The monoisotopic (exact) mass is 274 g/mol. The van der Waals surface area contributed by atoms with Gasteiger partial charge in [0.05, 0.1) is 6.61 Å². The Balaban J connectivity index is 1.59. The topological polar surface area (TPSA) is 42.4 Å². The summed E-state index contributed by atoms with van der Waals surface area (Å²) in [6.45, 7) is 3.90. The van der Waals surface area contributed by atoms with Gasteiger partial charge in [0, 0.05) is 25.0 Å². The van der Waals surface area contributed by atoms with Crippen LogP contribution in [0.1, 0.15) is 31.2 Å². The molecule has 2 rings (SSSR count). The Morgan fingerprint density at radius 1 is 1.35 bits per heavy atom. The predicted octanol–water partition coefficient (Wildman–Crippen LogP) is 2.51. The highest BCUT2D eigenvalue weighted by atomic mass is 16.5. The fourth-order valence-electron chi connectivity index (χ4n) is 2.33. The average Bonchev–Trinajstić information content (AvgIpc) is 2.52. The molecule has 1 fully saturated rings. The molecule has 0 spiro atoms. The maximum Gasteiger partial charge on any atom is 0.330 e. The second-order valence-corrected chi connectivity index (χ2v) is 5.04. The Morgan fingerprint density at radius 3 is 2.95 bits per heavy atom. The summed E-state index contributed by atoms with van der Waals surface area (Å²) in [6.07, 6.45) is 11.5. The number of hydrogen-bond acceptors (Lipinski definition) is 4. The molecule has 1 aromatic heterocycles. The first-order valence-corrected chi connectivity index (χ1v) is 7.32. The lowest BCUT2D eigenvalue weighted by Gasteiger charge is -2.26. The third-order valence-electron chi connectivity index (χ3n) is 3.41. The zero-order chi connectivity index (χ0) is 14.0. The summed E-state index contributed by atoms with van der Waals surface area (Å²) >= 11 is 0. The molecule has 0 atom stereocenters. The molecule has 20 heavy (non-hydrogen) atoms. The van der Waals surface area contributed by atoms with Crippen LogP contribution >= 0.6 is 0 Å². The highest BCUT2D eigenvalue weighted by Crippen LogP contribution is 2.08. The van der Waals surface area contributed by atoms with Gasteiger partial charge in [-0.15, -0.1) is 0 Å². The number of nitrogens with zero attached hydrogens (tertiary/aromatic N) is 2. The van der Waals surface area contributed by atoms with Crippen molar-refractivity contribution in [2.45, 2.75) is 25.7 Å². The van der Waals surface area contributed by atoms with E-state index in [1.54, 1.807) is 18.5 Å². The Morgan fingerprint density at radius 2 is 2.20 bits per heavy atom. The molecule has 0 aromatic carbocycles. The fourth-order valence-corrected chi connectivity index (χ4v) is 2.33. The summed E-state index contributed by atoms with van der Waals surface area (Å²) in [7, 11) is 0. The van der Waals surface area contributed by atoms with Crippen LogP contribution in [-0.4, -0.2) is 42.1 Å². The second-order valence-electron chi connectivity index (χ2n) is 5.04. The molecule has 1 aliphatic rings. The maximum absolute atomic E-state index is 11.5. The van der Waals surface area contributed by atoms with E-state index in [9.17, 15) is 4.79 Å². The average molecular weight is 274 g/mol. The van der Waals surface area contributed by atoms with Crippen LogP contribution in [0.3, 0.4) is 0 Å². The molecular formula is C16H22N2O2. The summed E-state index contributed by atoms with van der Waals surface area (Å²) in [6, 6.07) is 3.73. The Bertz CT molecular complexity index is 425. The lowest BCUT2D eigenvalue weighted by Crippen LogP contribution is -2.31. The van der Waals surface area contributed by atoms with E-state index >= 15 is 0 Å². The standard InChI is InChI=1S/C16H22N2O2/c19-16(8-7-15-6-4-9-17-14-15)20-13-5-12-18-10-2-1-3-11-18/h4,6-9,14H,1-3,5,10-13H2. The minimum Gasteiger partial charge on any atom is -0.462 e. The van der Waals surface area contributed by atoms with E-state index in [1.807, 2.05) is 12.1 Å². The molecule has 4 nitrogen and oxygen atoms in total. The summed E-state index contributed by atoms with van der Waals surface area (Å²) in [4.78, 5) is 18.0. The van der Waals surface area contributed by atoms with Gasteiger partial charge in [-0.25, -0.2) is 4.79 Å². The number of carbonyl (C=O) groups excluding carboxylic acids is 1. The first-order chi connectivity index (χ1) is 9.84.